The number of aliphatic hydroxyl groups excluding tert-OH is 2. The van der Waals surface area contributed by atoms with Gasteiger partial charge in [-0.25, -0.2) is 0 Å². The van der Waals surface area contributed by atoms with Crippen molar-refractivity contribution in [3.63, 3.8) is 0 Å². The molecule has 2 aliphatic carbocycles. The lowest BCUT2D eigenvalue weighted by Crippen LogP contribution is -2.20. The van der Waals surface area contributed by atoms with Crippen LogP contribution in [0.2, 0.25) is 5.02 Å². The summed E-state index contributed by atoms with van der Waals surface area (Å²) in [7, 11) is 0. The van der Waals surface area contributed by atoms with Gasteiger partial charge in [0.15, 0.2) is 0 Å². The highest BCUT2D eigenvalue weighted by Crippen LogP contribution is 2.33. The van der Waals surface area contributed by atoms with Crippen LogP contribution >= 0.6 is 11.6 Å². The van der Waals surface area contributed by atoms with E-state index in [4.69, 9.17) is 16.3 Å². The van der Waals surface area contributed by atoms with Crippen molar-refractivity contribution in [2.24, 2.45) is 11.8 Å². The zero-order valence-electron chi connectivity index (χ0n) is 17.0. The zero-order chi connectivity index (χ0) is 20.9. The van der Waals surface area contributed by atoms with E-state index in [2.05, 4.69) is 36.1 Å². The largest absolute Gasteiger partial charge is 0.481 e. The number of hydrogen-bond donors (Lipinski definition) is 2. The molecule has 30 heavy (non-hydrogen) atoms. The molecule has 1 fully saturated rings. The molecule has 0 saturated heterocycles. The van der Waals surface area contributed by atoms with Gasteiger partial charge in [0.2, 0.25) is 0 Å². The van der Waals surface area contributed by atoms with Crippen molar-refractivity contribution in [2.75, 3.05) is 13.2 Å². The van der Waals surface area contributed by atoms with Crippen molar-refractivity contribution in [2.45, 2.75) is 38.2 Å². The maximum atomic E-state index is 10.1. The van der Waals surface area contributed by atoms with E-state index in [0.29, 0.717) is 31.8 Å². The van der Waals surface area contributed by atoms with Crippen LogP contribution in [0, 0.1) is 23.7 Å². The predicted molar refractivity (Wildman–Crippen MR) is 120 cm³/mol. The Morgan fingerprint density at radius 3 is 2.63 bits per heavy atom. The van der Waals surface area contributed by atoms with Gasteiger partial charge in [0, 0.05) is 23.5 Å². The van der Waals surface area contributed by atoms with Gasteiger partial charge in [0.1, 0.15) is 12.4 Å². The van der Waals surface area contributed by atoms with E-state index in [-0.39, 0.29) is 12.5 Å². The third-order valence-corrected chi connectivity index (χ3v) is 6.00. The molecule has 2 aliphatic rings. The zero-order valence-corrected chi connectivity index (χ0v) is 17.7. The number of rotatable bonds is 6. The summed E-state index contributed by atoms with van der Waals surface area (Å²) in [5.41, 5.74) is 4.32. The Morgan fingerprint density at radius 1 is 1.10 bits per heavy atom. The minimum Gasteiger partial charge on any atom is -0.481 e. The van der Waals surface area contributed by atoms with E-state index in [0.717, 1.165) is 33.0 Å². The van der Waals surface area contributed by atoms with Gasteiger partial charge in [-0.15, -0.1) is 0 Å². The highest BCUT2D eigenvalue weighted by Gasteiger charge is 2.21. The third-order valence-electron chi connectivity index (χ3n) is 5.63. The van der Waals surface area contributed by atoms with Crippen LogP contribution in [0.3, 0.4) is 0 Å². The van der Waals surface area contributed by atoms with Gasteiger partial charge in [-0.05, 0) is 78.6 Å². The molecule has 2 atom stereocenters. The average molecular weight is 423 g/mol. The van der Waals surface area contributed by atoms with Crippen LogP contribution < -0.4 is 4.74 Å². The van der Waals surface area contributed by atoms with Crippen LogP contribution in [-0.4, -0.2) is 29.5 Å². The minimum absolute atomic E-state index is 0.00406. The third kappa shape index (κ3) is 5.67. The monoisotopic (exact) mass is 422 g/mol. The normalized spacial score (nSPS) is 20.8. The molecule has 0 heterocycles. The summed E-state index contributed by atoms with van der Waals surface area (Å²) in [6.45, 7) is 0.487. The Hall–Kier alpha value is -2.25. The first kappa shape index (κ1) is 21.0. The molecule has 0 aliphatic heterocycles. The van der Waals surface area contributed by atoms with Crippen molar-refractivity contribution in [3.05, 3.63) is 70.3 Å². The quantitative estimate of drug-likeness (QED) is 0.653. The summed E-state index contributed by atoms with van der Waals surface area (Å²) in [5, 5.41) is 20.4. The van der Waals surface area contributed by atoms with Gasteiger partial charge in [-0.1, -0.05) is 47.7 Å². The minimum atomic E-state index is -0.414. The van der Waals surface area contributed by atoms with Crippen molar-refractivity contribution < 1.29 is 14.9 Å². The Labute approximate surface area is 183 Å². The number of benzene rings is 2. The molecule has 1 saturated carbocycles. The molecule has 2 aromatic carbocycles. The summed E-state index contributed by atoms with van der Waals surface area (Å²) < 4.78 is 5.69. The molecule has 156 valence electrons. The second-order valence-electron chi connectivity index (χ2n) is 8.24. The van der Waals surface area contributed by atoms with E-state index < -0.39 is 6.10 Å². The summed E-state index contributed by atoms with van der Waals surface area (Å²) in [5.74, 6) is 7.69. The number of hydrogen-bond acceptors (Lipinski definition) is 3. The summed E-state index contributed by atoms with van der Waals surface area (Å²) >= 11 is 6.47. The fraction of sp³-hybridized carbons (Fsp3) is 0.385. The molecule has 4 heteroatoms. The van der Waals surface area contributed by atoms with Crippen LogP contribution in [0.25, 0.3) is 5.57 Å². The predicted octanol–water partition coefficient (Wildman–Crippen LogP) is 4.87. The molecule has 0 spiro atoms. The highest BCUT2D eigenvalue weighted by molar-refractivity contribution is 6.31. The molecule has 2 aromatic rings. The van der Waals surface area contributed by atoms with E-state index in [1.54, 1.807) is 0 Å². The molecular formula is C26H27ClO3. The Balaban J connectivity index is 1.43. The molecule has 2 unspecified atom stereocenters. The van der Waals surface area contributed by atoms with E-state index >= 15 is 0 Å². The molecule has 0 amide bonds. The molecule has 0 radical (unpaired) electrons. The lowest BCUT2D eigenvalue weighted by molar-refractivity contribution is 0.128. The second-order valence-corrected chi connectivity index (χ2v) is 8.65. The lowest BCUT2D eigenvalue weighted by Gasteiger charge is -2.24. The van der Waals surface area contributed by atoms with Crippen LogP contribution in [0.4, 0.5) is 0 Å². The first-order chi connectivity index (χ1) is 14.6. The average Bonchev–Trinajstić information content (AvgIpc) is 3.58. The van der Waals surface area contributed by atoms with Crippen molar-refractivity contribution >= 4 is 17.2 Å². The standard InChI is InChI=1S/C26H27ClO3/c27-26-10-7-21(22-13-20(17-28)14-24(29)16-22)15-23(26)12-19-5-8-25(9-6-19)30-11-1-2-18-3-4-18/h5-10,13,15,18,20,24,28-29H,3-4,11-12,14,16-17H2. The number of halogens is 1. The topological polar surface area (TPSA) is 49.7 Å². The second kappa shape index (κ2) is 9.71. The van der Waals surface area contributed by atoms with Crippen molar-refractivity contribution in [1.82, 2.24) is 0 Å². The van der Waals surface area contributed by atoms with Crippen LogP contribution in [-0.2, 0) is 6.42 Å². The van der Waals surface area contributed by atoms with Gasteiger partial charge >= 0.3 is 0 Å². The maximum absolute atomic E-state index is 10.1. The van der Waals surface area contributed by atoms with E-state index in [9.17, 15) is 10.2 Å². The molecule has 2 N–H and O–H groups in total. The van der Waals surface area contributed by atoms with E-state index in [1.807, 2.05) is 24.3 Å². The van der Waals surface area contributed by atoms with Gasteiger partial charge < -0.3 is 14.9 Å². The lowest BCUT2D eigenvalue weighted by atomic mass is 9.85. The molecule has 0 bridgehead atoms. The van der Waals surface area contributed by atoms with Gasteiger partial charge in [-0.2, -0.15) is 0 Å². The molecular weight excluding hydrogens is 396 g/mol. The van der Waals surface area contributed by atoms with Gasteiger partial charge in [0.05, 0.1) is 6.10 Å². The first-order valence-corrected chi connectivity index (χ1v) is 11.0. The van der Waals surface area contributed by atoms with Gasteiger partial charge in [-0.3, -0.25) is 0 Å². The Bertz CT molecular complexity index is 964. The molecule has 4 rings (SSSR count). The fourth-order valence-electron chi connectivity index (χ4n) is 3.82. The summed E-state index contributed by atoms with van der Waals surface area (Å²) in [6.07, 6.45) is 6.05. The fourth-order valence-corrected chi connectivity index (χ4v) is 4.00. The maximum Gasteiger partial charge on any atom is 0.149 e. The van der Waals surface area contributed by atoms with E-state index in [1.165, 1.54) is 12.8 Å². The Kier molecular flexibility index (Phi) is 6.79. The van der Waals surface area contributed by atoms with Crippen LogP contribution in [0.5, 0.6) is 5.75 Å². The van der Waals surface area contributed by atoms with Gasteiger partial charge in [0.25, 0.3) is 0 Å². The number of ether oxygens (including phenoxy) is 1. The molecule has 0 aromatic heterocycles. The Morgan fingerprint density at radius 2 is 1.90 bits per heavy atom. The van der Waals surface area contributed by atoms with Crippen LogP contribution in [0.1, 0.15) is 42.4 Å². The highest BCUT2D eigenvalue weighted by atomic mass is 35.5. The van der Waals surface area contributed by atoms with Crippen molar-refractivity contribution in [1.29, 1.82) is 0 Å². The number of aliphatic hydroxyl groups is 2. The van der Waals surface area contributed by atoms with Crippen molar-refractivity contribution in [3.8, 4) is 17.6 Å². The van der Waals surface area contributed by atoms with Crippen LogP contribution in [0.15, 0.2) is 48.5 Å². The summed E-state index contributed by atoms with van der Waals surface area (Å²) in [4.78, 5) is 0. The smallest absolute Gasteiger partial charge is 0.149 e. The molecule has 3 nitrogen and oxygen atoms in total. The SMILES string of the molecule is OCC1C=C(c2ccc(Cl)c(Cc3ccc(OCC#CC4CC4)cc3)c2)CC(O)C1. The summed E-state index contributed by atoms with van der Waals surface area (Å²) in [6, 6.07) is 14.0. The first-order valence-electron chi connectivity index (χ1n) is 10.6.